The normalized spacial score (nSPS) is 13.1. The van der Waals surface area contributed by atoms with Crippen molar-refractivity contribution in [3.8, 4) is 5.69 Å². The summed E-state index contributed by atoms with van der Waals surface area (Å²) < 4.78 is 1.55. The van der Waals surface area contributed by atoms with Gasteiger partial charge in [-0.05, 0) is 42.5 Å². The second-order valence-electron chi connectivity index (χ2n) is 4.44. The fraction of sp³-hybridized carbons (Fsp3) is 0.333. The molecule has 1 heterocycles. The summed E-state index contributed by atoms with van der Waals surface area (Å²) in [7, 11) is 0. The topological polar surface area (TPSA) is 119 Å². The SMILES string of the molecule is Cc1nnnn1-c1cccc(NC(=O)[C@@H](N)[C@@H](C)O)c1.Cl. The van der Waals surface area contributed by atoms with Gasteiger partial charge >= 0.3 is 0 Å². The van der Waals surface area contributed by atoms with Gasteiger partial charge in [0, 0.05) is 5.69 Å². The molecule has 2 rings (SSSR count). The van der Waals surface area contributed by atoms with Crippen molar-refractivity contribution in [3.63, 3.8) is 0 Å². The number of benzene rings is 1. The first-order valence-electron chi connectivity index (χ1n) is 6.09. The van der Waals surface area contributed by atoms with Crippen LogP contribution in [0, 0.1) is 6.92 Å². The Balaban J connectivity index is 0.00000220. The summed E-state index contributed by atoms with van der Waals surface area (Å²) in [5, 5.41) is 23.1. The third-order valence-corrected chi connectivity index (χ3v) is 2.81. The third-order valence-electron chi connectivity index (χ3n) is 2.81. The number of aliphatic hydroxyl groups is 1. The van der Waals surface area contributed by atoms with Crippen LogP contribution in [0.1, 0.15) is 12.7 Å². The fourth-order valence-electron chi connectivity index (χ4n) is 1.63. The van der Waals surface area contributed by atoms with E-state index in [9.17, 15) is 9.90 Å². The van der Waals surface area contributed by atoms with Crippen LogP contribution >= 0.6 is 12.4 Å². The number of nitrogens with zero attached hydrogens (tertiary/aromatic N) is 4. The first kappa shape index (κ1) is 17.0. The minimum Gasteiger partial charge on any atom is -0.391 e. The van der Waals surface area contributed by atoms with E-state index in [4.69, 9.17) is 5.73 Å². The molecule has 0 aliphatic rings. The van der Waals surface area contributed by atoms with Crippen LogP contribution < -0.4 is 11.1 Å². The average molecular weight is 313 g/mol. The number of hydrogen-bond acceptors (Lipinski definition) is 6. The molecule has 8 nitrogen and oxygen atoms in total. The number of anilines is 1. The lowest BCUT2D eigenvalue weighted by Gasteiger charge is -2.15. The number of tetrazole rings is 1. The van der Waals surface area contributed by atoms with Gasteiger partial charge in [-0.25, -0.2) is 0 Å². The maximum absolute atomic E-state index is 11.8. The molecular formula is C12H17ClN6O2. The molecule has 9 heteroatoms. The van der Waals surface area contributed by atoms with Crippen molar-refractivity contribution < 1.29 is 9.90 Å². The average Bonchev–Trinajstić information content (AvgIpc) is 2.84. The van der Waals surface area contributed by atoms with E-state index in [1.807, 2.05) is 6.07 Å². The van der Waals surface area contributed by atoms with Gasteiger partial charge in [0.2, 0.25) is 5.91 Å². The highest BCUT2D eigenvalue weighted by Gasteiger charge is 2.18. The number of aryl methyl sites for hydroxylation is 1. The molecule has 0 aliphatic heterocycles. The van der Waals surface area contributed by atoms with Gasteiger partial charge in [-0.2, -0.15) is 4.68 Å². The Kier molecular flexibility index (Phi) is 5.77. The molecule has 0 saturated carbocycles. The summed E-state index contributed by atoms with van der Waals surface area (Å²) in [5.74, 6) is 0.180. The second kappa shape index (κ2) is 7.11. The summed E-state index contributed by atoms with van der Waals surface area (Å²) in [6, 6.07) is 6.04. The monoisotopic (exact) mass is 312 g/mol. The molecule has 0 spiro atoms. The highest BCUT2D eigenvalue weighted by Crippen LogP contribution is 2.14. The number of aliphatic hydroxyl groups excluding tert-OH is 1. The molecule has 1 aromatic carbocycles. The van der Waals surface area contributed by atoms with Crippen LogP contribution in [0.15, 0.2) is 24.3 Å². The van der Waals surface area contributed by atoms with Crippen LogP contribution in [-0.2, 0) is 4.79 Å². The highest BCUT2D eigenvalue weighted by molar-refractivity contribution is 5.95. The van der Waals surface area contributed by atoms with E-state index in [0.29, 0.717) is 11.5 Å². The van der Waals surface area contributed by atoms with Crippen LogP contribution in [0.3, 0.4) is 0 Å². The number of nitrogens with one attached hydrogen (secondary N) is 1. The number of hydrogen-bond donors (Lipinski definition) is 3. The van der Waals surface area contributed by atoms with Gasteiger partial charge in [-0.15, -0.1) is 17.5 Å². The van der Waals surface area contributed by atoms with E-state index < -0.39 is 18.1 Å². The zero-order valence-corrected chi connectivity index (χ0v) is 12.4. The van der Waals surface area contributed by atoms with Crippen LogP contribution in [0.25, 0.3) is 5.69 Å². The van der Waals surface area contributed by atoms with Crippen molar-refractivity contribution in [1.82, 2.24) is 20.2 Å². The Morgan fingerprint density at radius 3 is 2.76 bits per heavy atom. The minimum atomic E-state index is -0.978. The molecule has 0 fully saturated rings. The van der Waals surface area contributed by atoms with Crippen LogP contribution in [-0.4, -0.2) is 43.4 Å². The fourth-order valence-corrected chi connectivity index (χ4v) is 1.63. The molecule has 0 radical (unpaired) electrons. The summed E-state index contributed by atoms with van der Waals surface area (Å²) >= 11 is 0. The standard InChI is InChI=1S/C12H16N6O2.ClH/c1-7(19)11(13)12(20)14-9-4-3-5-10(6-9)18-8(2)15-16-17-18;/h3-7,11,19H,13H2,1-2H3,(H,14,20);1H/t7-,11+;/m1./s1. The lowest BCUT2D eigenvalue weighted by molar-refractivity contribution is -0.119. The Morgan fingerprint density at radius 1 is 1.48 bits per heavy atom. The van der Waals surface area contributed by atoms with Gasteiger partial charge in [-0.1, -0.05) is 6.07 Å². The van der Waals surface area contributed by atoms with E-state index in [2.05, 4.69) is 20.8 Å². The molecule has 21 heavy (non-hydrogen) atoms. The van der Waals surface area contributed by atoms with Crippen molar-refractivity contribution in [3.05, 3.63) is 30.1 Å². The van der Waals surface area contributed by atoms with Crippen molar-refractivity contribution in [1.29, 1.82) is 0 Å². The van der Waals surface area contributed by atoms with Crippen LogP contribution in [0.5, 0.6) is 0 Å². The van der Waals surface area contributed by atoms with Gasteiger partial charge in [-0.3, -0.25) is 4.79 Å². The number of halogens is 1. The largest absolute Gasteiger partial charge is 0.391 e. The third kappa shape index (κ3) is 3.97. The molecule has 1 aromatic heterocycles. The lowest BCUT2D eigenvalue weighted by atomic mass is 10.2. The van der Waals surface area contributed by atoms with Crippen molar-refractivity contribution >= 4 is 24.0 Å². The Bertz CT molecular complexity index is 615. The number of amides is 1. The van der Waals surface area contributed by atoms with Gasteiger partial charge in [0.15, 0.2) is 5.82 Å². The first-order chi connectivity index (χ1) is 9.49. The summed E-state index contributed by atoms with van der Waals surface area (Å²) in [6.45, 7) is 3.24. The Labute approximate surface area is 127 Å². The molecule has 1 amide bonds. The van der Waals surface area contributed by atoms with E-state index in [1.54, 1.807) is 29.8 Å². The van der Waals surface area contributed by atoms with Gasteiger partial charge < -0.3 is 16.2 Å². The zero-order valence-electron chi connectivity index (χ0n) is 11.6. The summed E-state index contributed by atoms with van der Waals surface area (Å²) in [6.07, 6.45) is -0.917. The summed E-state index contributed by atoms with van der Waals surface area (Å²) in [5.41, 5.74) is 6.84. The zero-order chi connectivity index (χ0) is 14.7. The second-order valence-corrected chi connectivity index (χ2v) is 4.44. The number of rotatable bonds is 4. The van der Waals surface area contributed by atoms with E-state index in [0.717, 1.165) is 5.69 Å². The Morgan fingerprint density at radius 2 is 2.19 bits per heavy atom. The quantitative estimate of drug-likeness (QED) is 0.733. The molecule has 2 atom stereocenters. The van der Waals surface area contributed by atoms with Crippen LogP contribution in [0.2, 0.25) is 0 Å². The van der Waals surface area contributed by atoms with Gasteiger partial charge in [0.05, 0.1) is 11.8 Å². The van der Waals surface area contributed by atoms with E-state index in [1.165, 1.54) is 6.92 Å². The molecular weight excluding hydrogens is 296 g/mol. The molecule has 0 bridgehead atoms. The molecule has 0 unspecified atom stereocenters. The van der Waals surface area contributed by atoms with E-state index >= 15 is 0 Å². The van der Waals surface area contributed by atoms with E-state index in [-0.39, 0.29) is 12.4 Å². The number of nitrogens with two attached hydrogens (primary N) is 1. The maximum atomic E-state index is 11.8. The van der Waals surface area contributed by atoms with Crippen molar-refractivity contribution in [2.75, 3.05) is 5.32 Å². The minimum absolute atomic E-state index is 0. The highest BCUT2D eigenvalue weighted by atomic mass is 35.5. The molecule has 0 aliphatic carbocycles. The van der Waals surface area contributed by atoms with Crippen molar-refractivity contribution in [2.45, 2.75) is 26.0 Å². The predicted octanol–water partition coefficient (Wildman–Crippen LogP) is 0.0391. The first-order valence-corrected chi connectivity index (χ1v) is 6.09. The molecule has 4 N–H and O–H groups in total. The van der Waals surface area contributed by atoms with Gasteiger partial charge in [0.25, 0.3) is 0 Å². The van der Waals surface area contributed by atoms with Crippen LogP contribution in [0.4, 0.5) is 5.69 Å². The number of carbonyl (C=O) groups excluding carboxylic acids is 1. The smallest absolute Gasteiger partial charge is 0.243 e. The van der Waals surface area contributed by atoms with Crippen molar-refractivity contribution in [2.24, 2.45) is 5.73 Å². The lowest BCUT2D eigenvalue weighted by Crippen LogP contribution is -2.43. The predicted molar refractivity (Wildman–Crippen MR) is 79.4 cm³/mol. The maximum Gasteiger partial charge on any atom is 0.243 e. The molecule has 114 valence electrons. The summed E-state index contributed by atoms with van der Waals surface area (Å²) in [4.78, 5) is 11.8. The number of aromatic nitrogens is 4. The van der Waals surface area contributed by atoms with Gasteiger partial charge in [0.1, 0.15) is 6.04 Å². The Hall–Kier alpha value is -2.03. The number of carbonyl (C=O) groups is 1. The molecule has 0 saturated heterocycles. The molecule has 2 aromatic rings.